The number of ether oxygens (including phenoxy) is 4. The Bertz CT molecular complexity index is 1070. The largest absolute Gasteiger partial charge is 0.508 e. The molecule has 184 valence electrons. The monoisotopic (exact) mass is 480 g/mol. The average Bonchev–Trinajstić information content (AvgIpc) is 2.81. The lowest BCUT2D eigenvalue weighted by Crippen LogP contribution is -2.59. The second-order valence-electron chi connectivity index (χ2n) is 7.83. The maximum absolute atomic E-state index is 10.4. The van der Waals surface area contributed by atoms with E-state index in [9.17, 15) is 40.9 Å². The van der Waals surface area contributed by atoms with E-state index in [1.807, 2.05) is 0 Å². The van der Waals surface area contributed by atoms with E-state index in [1.54, 1.807) is 0 Å². The predicted molar refractivity (Wildman–Crippen MR) is 112 cm³/mol. The first kappa shape index (κ1) is 23.7. The highest BCUT2D eigenvalue weighted by atomic mass is 16.7. The van der Waals surface area contributed by atoms with Crippen LogP contribution < -0.4 is 9.47 Å². The molecule has 8 N–H and O–H groups in total. The van der Waals surface area contributed by atoms with Gasteiger partial charge in [-0.25, -0.2) is 0 Å². The van der Waals surface area contributed by atoms with Crippen molar-refractivity contribution in [2.75, 3.05) is 13.7 Å². The fourth-order valence-electron chi connectivity index (χ4n) is 3.80. The fourth-order valence-corrected chi connectivity index (χ4v) is 3.80. The maximum atomic E-state index is 10.4. The van der Waals surface area contributed by atoms with Crippen LogP contribution in [0.4, 0.5) is 0 Å². The van der Waals surface area contributed by atoms with Gasteiger partial charge in [0.25, 0.3) is 0 Å². The van der Waals surface area contributed by atoms with Crippen molar-refractivity contribution >= 4 is 6.08 Å². The highest BCUT2D eigenvalue weighted by Gasteiger charge is 2.46. The Hall–Kier alpha value is -3.42. The summed E-state index contributed by atoms with van der Waals surface area (Å²) in [4.78, 5) is 0. The topological polar surface area (TPSA) is 199 Å². The van der Waals surface area contributed by atoms with Crippen LogP contribution in [-0.2, 0) is 9.47 Å². The first-order valence-electron chi connectivity index (χ1n) is 10.2. The van der Waals surface area contributed by atoms with Crippen LogP contribution in [0.2, 0.25) is 0 Å². The zero-order valence-corrected chi connectivity index (χ0v) is 17.8. The minimum Gasteiger partial charge on any atom is -0.508 e. The molecule has 4 rings (SSSR count). The third kappa shape index (κ3) is 4.13. The van der Waals surface area contributed by atoms with Gasteiger partial charge in [-0.2, -0.15) is 0 Å². The van der Waals surface area contributed by atoms with Crippen LogP contribution in [-0.4, -0.2) is 85.3 Å². The van der Waals surface area contributed by atoms with Gasteiger partial charge in [-0.05, 0) is 18.2 Å². The molecule has 1 saturated heterocycles. The number of aliphatic hydroxyl groups is 4. The molecule has 2 aliphatic rings. The number of hydrogen-bond acceptors (Lipinski definition) is 12. The van der Waals surface area contributed by atoms with Crippen LogP contribution in [0.5, 0.6) is 34.5 Å². The minimum absolute atomic E-state index is 0.0506. The zero-order valence-electron chi connectivity index (χ0n) is 17.8. The molecule has 0 aromatic heterocycles. The molecule has 2 heterocycles. The Morgan fingerprint density at radius 2 is 1.59 bits per heavy atom. The molecule has 1 fully saturated rings. The van der Waals surface area contributed by atoms with Crippen LogP contribution in [0.25, 0.3) is 6.08 Å². The van der Waals surface area contributed by atoms with Gasteiger partial charge in [-0.1, -0.05) is 0 Å². The van der Waals surface area contributed by atoms with E-state index < -0.39 is 60.7 Å². The fraction of sp³-hybridized carbons (Fsp3) is 0.364. The number of rotatable bonds is 5. The molecule has 2 aromatic rings. The second kappa shape index (κ2) is 9.08. The normalized spacial score (nSPS) is 28.4. The Kier molecular flexibility index (Phi) is 6.34. The minimum atomic E-state index is -1.72. The molecule has 12 heteroatoms. The molecule has 0 aliphatic carbocycles. The van der Waals surface area contributed by atoms with E-state index in [0.717, 1.165) is 12.1 Å². The number of hydrogen-bond donors (Lipinski definition) is 8. The average molecular weight is 480 g/mol. The van der Waals surface area contributed by atoms with Crippen LogP contribution in [0, 0.1) is 0 Å². The van der Waals surface area contributed by atoms with E-state index in [2.05, 4.69) is 0 Å². The predicted octanol–water partition coefficient (Wildman–Crippen LogP) is -0.191. The molecule has 2 aromatic carbocycles. The highest BCUT2D eigenvalue weighted by Crippen LogP contribution is 2.47. The summed E-state index contributed by atoms with van der Waals surface area (Å²) in [5.41, 5.74) is 0.444. The van der Waals surface area contributed by atoms with Crippen molar-refractivity contribution in [3.63, 3.8) is 0 Å². The van der Waals surface area contributed by atoms with Gasteiger partial charge < -0.3 is 59.8 Å². The molecule has 1 unspecified atom stereocenters. The van der Waals surface area contributed by atoms with E-state index in [0.29, 0.717) is 5.56 Å². The molecule has 6 atom stereocenters. The highest BCUT2D eigenvalue weighted by molar-refractivity contribution is 5.70. The lowest BCUT2D eigenvalue weighted by molar-refractivity contribution is -0.293. The molecular formula is C22H24O12. The zero-order chi connectivity index (χ0) is 24.7. The third-order valence-electron chi connectivity index (χ3n) is 5.59. The number of fused-ring (bicyclic) bond motifs is 1. The smallest absolute Gasteiger partial charge is 0.228 e. The first-order valence-corrected chi connectivity index (χ1v) is 10.2. The molecule has 0 radical (unpaired) electrons. The molecule has 2 aliphatic heterocycles. The van der Waals surface area contributed by atoms with E-state index in [4.69, 9.17) is 18.9 Å². The summed E-state index contributed by atoms with van der Waals surface area (Å²) in [7, 11) is 1.36. The molecule has 0 amide bonds. The summed E-state index contributed by atoms with van der Waals surface area (Å²) in [6, 6.07) is 4.83. The summed E-state index contributed by atoms with van der Waals surface area (Å²) < 4.78 is 22.4. The molecule has 0 saturated carbocycles. The number of aromatic hydroxyl groups is 4. The number of phenolic OH excluding ortho intramolecular Hbond substituents is 4. The van der Waals surface area contributed by atoms with Gasteiger partial charge in [0, 0.05) is 17.7 Å². The molecular weight excluding hydrogens is 456 g/mol. The first-order chi connectivity index (χ1) is 16.1. The van der Waals surface area contributed by atoms with Gasteiger partial charge in [-0.15, -0.1) is 0 Å². The van der Waals surface area contributed by atoms with Crippen LogP contribution >= 0.6 is 0 Å². The Balaban J connectivity index is 1.78. The van der Waals surface area contributed by atoms with E-state index >= 15 is 0 Å². The lowest BCUT2D eigenvalue weighted by atomic mass is 9.98. The van der Waals surface area contributed by atoms with Crippen LogP contribution in [0.15, 0.2) is 30.0 Å². The van der Waals surface area contributed by atoms with Crippen molar-refractivity contribution < 1.29 is 59.8 Å². The number of aliphatic hydroxyl groups excluding tert-OH is 4. The molecule has 34 heavy (non-hydrogen) atoms. The summed E-state index contributed by atoms with van der Waals surface area (Å²) in [5.74, 6) is -1.91. The van der Waals surface area contributed by atoms with Crippen LogP contribution in [0.3, 0.4) is 0 Å². The van der Waals surface area contributed by atoms with Gasteiger partial charge in [-0.3, -0.25) is 0 Å². The third-order valence-corrected chi connectivity index (χ3v) is 5.59. The summed E-state index contributed by atoms with van der Waals surface area (Å²) in [5, 5.41) is 79.6. The number of benzene rings is 2. The lowest BCUT2D eigenvalue weighted by Gasteiger charge is -2.41. The number of phenols is 4. The van der Waals surface area contributed by atoms with Crippen molar-refractivity contribution in [3.05, 3.63) is 41.2 Å². The van der Waals surface area contributed by atoms with Crippen molar-refractivity contribution in [2.45, 2.75) is 36.8 Å². The summed E-state index contributed by atoms with van der Waals surface area (Å²) in [6.07, 6.45) is -7.57. The van der Waals surface area contributed by atoms with Gasteiger partial charge in [0.1, 0.15) is 47.4 Å². The van der Waals surface area contributed by atoms with E-state index in [1.165, 1.54) is 25.3 Å². The second-order valence-corrected chi connectivity index (χ2v) is 7.83. The van der Waals surface area contributed by atoms with E-state index in [-0.39, 0.29) is 28.6 Å². The molecule has 0 bridgehead atoms. The molecule has 12 nitrogen and oxygen atoms in total. The Morgan fingerprint density at radius 1 is 0.912 bits per heavy atom. The van der Waals surface area contributed by atoms with Gasteiger partial charge in [0.05, 0.1) is 19.3 Å². The quantitative estimate of drug-likeness (QED) is 0.263. The molecule has 0 spiro atoms. The van der Waals surface area contributed by atoms with Crippen molar-refractivity contribution in [3.8, 4) is 34.5 Å². The van der Waals surface area contributed by atoms with Gasteiger partial charge in [0.15, 0.2) is 23.4 Å². The SMILES string of the molecule is COc1cc(O)cc2c1C=C(O[C@@H]1O[C@H](CO)[C@@H](O)[C@@H](O)[C@H]1O)C(c1cc(O)c(O)c(O)c1)O2. The van der Waals surface area contributed by atoms with Crippen molar-refractivity contribution in [2.24, 2.45) is 0 Å². The van der Waals surface area contributed by atoms with Crippen molar-refractivity contribution in [1.82, 2.24) is 0 Å². The number of methoxy groups -OCH3 is 1. The summed E-state index contributed by atoms with van der Waals surface area (Å²) >= 11 is 0. The standard InChI is InChI=1S/C22H24O12/c1-31-13-4-9(24)5-14-10(13)6-15(21(32-14)8-2-11(25)17(27)12(26)3-8)33-22-20(30)19(29)18(28)16(7-23)34-22/h2-6,16,18-30H,7H2,1H3/t16-,18-,19-,20-,21?,22-/m1/s1. The summed E-state index contributed by atoms with van der Waals surface area (Å²) in [6.45, 7) is -0.667. The van der Waals surface area contributed by atoms with Crippen molar-refractivity contribution in [1.29, 1.82) is 0 Å². The van der Waals surface area contributed by atoms with Gasteiger partial charge >= 0.3 is 0 Å². The van der Waals surface area contributed by atoms with Gasteiger partial charge in [0.2, 0.25) is 6.29 Å². The Morgan fingerprint density at radius 3 is 2.21 bits per heavy atom. The maximum Gasteiger partial charge on any atom is 0.228 e. The van der Waals surface area contributed by atoms with Crippen LogP contribution in [0.1, 0.15) is 17.2 Å². The Labute approximate surface area is 192 Å².